The summed E-state index contributed by atoms with van der Waals surface area (Å²) in [6, 6.07) is 0. The third kappa shape index (κ3) is 2.26. The average molecular weight is 303 g/mol. The van der Waals surface area contributed by atoms with Gasteiger partial charge in [-0.15, -0.1) is 0 Å². The predicted molar refractivity (Wildman–Crippen MR) is 53.1 cm³/mol. The molecular formula is C11H11F6NO2. The van der Waals surface area contributed by atoms with Gasteiger partial charge in [0.1, 0.15) is 0 Å². The smallest absolute Gasteiger partial charge is 0.285 e. The van der Waals surface area contributed by atoms with E-state index in [1.54, 1.807) is 0 Å². The number of imide groups is 1. The van der Waals surface area contributed by atoms with Crippen LogP contribution in [0.25, 0.3) is 0 Å². The first kappa shape index (κ1) is 15.1. The highest BCUT2D eigenvalue weighted by atomic mass is 19.4. The molecule has 2 fully saturated rings. The highest BCUT2D eigenvalue weighted by Gasteiger charge is 2.63. The number of rotatable bonds is 0. The number of carbonyl (C=O) groups excluding carboxylic acids is 2. The van der Waals surface area contributed by atoms with Gasteiger partial charge in [0.25, 0.3) is 0 Å². The summed E-state index contributed by atoms with van der Waals surface area (Å²) in [5.41, 5.74) is 0. The van der Waals surface area contributed by atoms with Crippen LogP contribution in [-0.4, -0.2) is 36.1 Å². The van der Waals surface area contributed by atoms with Crippen LogP contribution in [0, 0.1) is 23.7 Å². The maximum Gasteiger partial charge on any atom is 0.392 e. The number of nitrogens with zero attached hydrogens (tertiary/aromatic N) is 1. The Morgan fingerprint density at radius 2 is 1.15 bits per heavy atom. The molecule has 1 heterocycles. The molecule has 2 aliphatic rings. The molecule has 0 aromatic rings. The maximum atomic E-state index is 12.8. The lowest BCUT2D eigenvalue weighted by molar-refractivity contribution is -0.268. The fraction of sp³-hybridized carbons (Fsp3) is 0.818. The SMILES string of the molecule is CN1C(=O)[C@H]2C[C@H](C(F)(F)F)[C@@H](C(F)(F)F)C[C@H]2C1=O. The third-order valence-electron chi connectivity index (χ3n) is 4.12. The number of amides is 2. The second kappa shape index (κ2) is 4.36. The van der Waals surface area contributed by atoms with Crippen molar-refractivity contribution in [2.45, 2.75) is 25.2 Å². The van der Waals surface area contributed by atoms with Gasteiger partial charge in [0.15, 0.2) is 0 Å². The van der Waals surface area contributed by atoms with Gasteiger partial charge in [-0.05, 0) is 12.8 Å². The van der Waals surface area contributed by atoms with Gasteiger partial charge in [0, 0.05) is 7.05 Å². The van der Waals surface area contributed by atoms with Crippen LogP contribution in [0.2, 0.25) is 0 Å². The Hall–Kier alpha value is -1.28. The quantitative estimate of drug-likeness (QED) is 0.509. The molecule has 1 aliphatic heterocycles. The number of hydrogen-bond acceptors (Lipinski definition) is 2. The lowest BCUT2D eigenvalue weighted by Crippen LogP contribution is -2.46. The minimum atomic E-state index is -5.05. The zero-order valence-electron chi connectivity index (χ0n) is 10.3. The van der Waals surface area contributed by atoms with Crippen molar-refractivity contribution >= 4 is 11.8 Å². The number of likely N-dealkylation sites (tertiary alicyclic amines) is 1. The summed E-state index contributed by atoms with van der Waals surface area (Å²) < 4.78 is 76.7. The van der Waals surface area contributed by atoms with Crippen molar-refractivity contribution < 1.29 is 35.9 Å². The monoisotopic (exact) mass is 303 g/mol. The fourth-order valence-electron chi connectivity index (χ4n) is 3.08. The van der Waals surface area contributed by atoms with E-state index in [0.717, 1.165) is 7.05 Å². The number of alkyl halides is 6. The Kier molecular flexibility index (Phi) is 3.29. The molecule has 20 heavy (non-hydrogen) atoms. The van der Waals surface area contributed by atoms with Crippen LogP contribution in [0.3, 0.4) is 0 Å². The van der Waals surface area contributed by atoms with Crippen LogP contribution in [0.5, 0.6) is 0 Å². The lowest BCUT2D eigenvalue weighted by Gasteiger charge is -2.38. The van der Waals surface area contributed by atoms with Crippen molar-refractivity contribution in [2.75, 3.05) is 7.05 Å². The van der Waals surface area contributed by atoms with E-state index in [2.05, 4.69) is 0 Å². The zero-order chi connectivity index (χ0) is 15.5. The van der Waals surface area contributed by atoms with Gasteiger partial charge in [0.2, 0.25) is 11.8 Å². The molecule has 2 amide bonds. The van der Waals surface area contributed by atoms with E-state index >= 15 is 0 Å². The molecule has 3 nitrogen and oxygen atoms in total. The van der Waals surface area contributed by atoms with Crippen LogP contribution in [0.1, 0.15) is 12.8 Å². The third-order valence-corrected chi connectivity index (χ3v) is 4.12. The maximum absolute atomic E-state index is 12.8. The molecule has 0 unspecified atom stereocenters. The van der Waals surface area contributed by atoms with Gasteiger partial charge < -0.3 is 0 Å². The Morgan fingerprint density at radius 1 is 0.850 bits per heavy atom. The number of fused-ring (bicyclic) bond motifs is 1. The molecule has 1 aliphatic carbocycles. The van der Waals surface area contributed by atoms with Crippen LogP contribution >= 0.6 is 0 Å². The fourth-order valence-corrected chi connectivity index (χ4v) is 3.08. The summed E-state index contributed by atoms with van der Waals surface area (Å²) in [7, 11) is 1.08. The van der Waals surface area contributed by atoms with Crippen LogP contribution in [0.4, 0.5) is 26.3 Å². The van der Waals surface area contributed by atoms with Crippen molar-refractivity contribution in [2.24, 2.45) is 23.7 Å². The second-order valence-corrected chi connectivity index (χ2v) is 5.22. The first-order chi connectivity index (χ1) is 8.94. The largest absolute Gasteiger partial charge is 0.392 e. The van der Waals surface area contributed by atoms with Gasteiger partial charge in [-0.25, -0.2) is 0 Å². The predicted octanol–water partition coefficient (Wildman–Crippen LogP) is 2.37. The van der Waals surface area contributed by atoms with Gasteiger partial charge in [0.05, 0.1) is 23.7 Å². The molecule has 0 bridgehead atoms. The summed E-state index contributed by atoms with van der Waals surface area (Å²) in [4.78, 5) is 23.9. The highest BCUT2D eigenvalue weighted by molar-refractivity contribution is 6.04. The van der Waals surface area contributed by atoms with E-state index in [9.17, 15) is 35.9 Å². The Labute approximate surface area is 109 Å². The first-order valence-electron chi connectivity index (χ1n) is 5.89. The molecule has 9 heteroatoms. The van der Waals surface area contributed by atoms with E-state index in [4.69, 9.17) is 0 Å². The Bertz CT molecular complexity index is 403. The van der Waals surface area contributed by atoms with E-state index in [1.807, 2.05) is 0 Å². The van der Waals surface area contributed by atoms with Crippen LogP contribution < -0.4 is 0 Å². The summed E-state index contributed by atoms with van der Waals surface area (Å²) in [6.45, 7) is 0. The van der Waals surface area contributed by atoms with E-state index < -0.39 is 60.7 Å². The average Bonchev–Trinajstić information content (AvgIpc) is 2.51. The van der Waals surface area contributed by atoms with Crippen LogP contribution in [-0.2, 0) is 9.59 Å². The van der Waals surface area contributed by atoms with Gasteiger partial charge in [-0.3, -0.25) is 14.5 Å². The molecule has 0 spiro atoms. The summed E-state index contributed by atoms with van der Waals surface area (Å²) in [5.74, 6) is -9.50. The van der Waals surface area contributed by atoms with Crippen molar-refractivity contribution in [3.8, 4) is 0 Å². The molecule has 1 saturated heterocycles. The van der Waals surface area contributed by atoms with E-state index in [0.29, 0.717) is 4.90 Å². The molecule has 1 saturated carbocycles. The molecule has 0 aromatic heterocycles. The zero-order valence-corrected chi connectivity index (χ0v) is 10.3. The molecule has 114 valence electrons. The molecule has 0 radical (unpaired) electrons. The van der Waals surface area contributed by atoms with E-state index in [1.165, 1.54) is 0 Å². The number of halogens is 6. The van der Waals surface area contributed by atoms with Gasteiger partial charge >= 0.3 is 12.4 Å². The van der Waals surface area contributed by atoms with Gasteiger partial charge in [-0.1, -0.05) is 0 Å². The first-order valence-corrected chi connectivity index (χ1v) is 5.89. The normalized spacial score (nSPS) is 35.5. The summed E-state index contributed by atoms with van der Waals surface area (Å²) in [5, 5.41) is 0. The minimum Gasteiger partial charge on any atom is -0.285 e. The van der Waals surface area contributed by atoms with Crippen molar-refractivity contribution in [1.29, 1.82) is 0 Å². The molecule has 0 N–H and O–H groups in total. The highest BCUT2D eigenvalue weighted by Crippen LogP contribution is 2.53. The Balaban J connectivity index is 2.36. The van der Waals surface area contributed by atoms with Gasteiger partial charge in [-0.2, -0.15) is 26.3 Å². The number of carbonyl (C=O) groups is 2. The number of hydrogen-bond donors (Lipinski definition) is 0. The van der Waals surface area contributed by atoms with Crippen molar-refractivity contribution in [1.82, 2.24) is 4.90 Å². The minimum absolute atomic E-state index is 0.627. The lowest BCUT2D eigenvalue weighted by atomic mass is 9.68. The summed E-state index contributed by atoms with van der Waals surface area (Å²) >= 11 is 0. The van der Waals surface area contributed by atoms with Crippen LogP contribution in [0.15, 0.2) is 0 Å². The second-order valence-electron chi connectivity index (χ2n) is 5.22. The molecular weight excluding hydrogens is 292 g/mol. The standard InChI is InChI=1S/C11H11F6NO2/c1-18-8(19)4-2-6(10(12,13)14)7(11(15,16)17)3-5(4)9(18)20/h4-7H,2-3H2,1H3/t4-,5+,6-,7-/m0/s1. The van der Waals surface area contributed by atoms with Crippen molar-refractivity contribution in [3.63, 3.8) is 0 Å². The van der Waals surface area contributed by atoms with E-state index in [-0.39, 0.29) is 0 Å². The molecule has 0 aromatic carbocycles. The van der Waals surface area contributed by atoms with Crippen molar-refractivity contribution in [3.05, 3.63) is 0 Å². The topological polar surface area (TPSA) is 37.4 Å². The molecule has 2 rings (SSSR count). The molecule has 4 atom stereocenters. The summed E-state index contributed by atoms with van der Waals surface area (Å²) in [6.07, 6.45) is -12.0. The Morgan fingerprint density at radius 3 is 1.40 bits per heavy atom.